The van der Waals surface area contributed by atoms with Crippen molar-refractivity contribution in [3.63, 3.8) is 0 Å². The summed E-state index contributed by atoms with van der Waals surface area (Å²) >= 11 is 0. The maximum Gasteiger partial charge on any atom is 0.251 e. The zero-order valence-corrected chi connectivity index (χ0v) is 11.8. The molecule has 19 heavy (non-hydrogen) atoms. The minimum atomic E-state index is -2.25. The Hall–Kier alpha value is -0.260. The second-order valence-electron chi connectivity index (χ2n) is 5.86. The molecule has 0 bridgehead atoms. The highest BCUT2D eigenvalue weighted by Crippen LogP contribution is 2.26. The molecule has 0 aromatic carbocycles. The van der Waals surface area contributed by atoms with Gasteiger partial charge in [0.25, 0.3) is 6.43 Å². The summed E-state index contributed by atoms with van der Waals surface area (Å²) in [6.45, 7) is 4.28. The van der Waals surface area contributed by atoms with Gasteiger partial charge in [0.1, 0.15) is 0 Å². The molecule has 1 aliphatic heterocycles. The molecule has 1 saturated heterocycles. The number of rotatable bonds is 4. The summed E-state index contributed by atoms with van der Waals surface area (Å²) in [5.74, 6) is 0. The lowest BCUT2D eigenvalue weighted by Gasteiger charge is -2.46. The fraction of sp³-hybridized carbons (Fsp3) is 1.00. The van der Waals surface area contributed by atoms with Crippen LogP contribution in [0.5, 0.6) is 0 Å². The average molecular weight is 276 g/mol. The average Bonchev–Trinajstić information content (AvgIpc) is 2.39. The van der Waals surface area contributed by atoms with Crippen LogP contribution in [0, 0.1) is 0 Å². The van der Waals surface area contributed by atoms with Crippen LogP contribution in [0.1, 0.15) is 39.0 Å². The van der Waals surface area contributed by atoms with Crippen LogP contribution in [0.4, 0.5) is 8.78 Å². The quantitative estimate of drug-likeness (QED) is 0.850. The van der Waals surface area contributed by atoms with Gasteiger partial charge in [0.05, 0.1) is 12.6 Å². The number of piperazine rings is 1. The van der Waals surface area contributed by atoms with Crippen LogP contribution in [0.15, 0.2) is 0 Å². The molecule has 5 heteroatoms. The van der Waals surface area contributed by atoms with Gasteiger partial charge in [-0.25, -0.2) is 8.78 Å². The van der Waals surface area contributed by atoms with Crippen molar-refractivity contribution in [2.75, 3.05) is 26.2 Å². The molecule has 112 valence electrons. The van der Waals surface area contributed by atoms with Gasteiger partial charge in [0, 0.05) is 31.7 Å². The zero-order chi connectivity index (χ0) is 13.8. The minimum Gasteiger partial charge on any atom is -0.391 e. The third-order valence-corrected chi connectivity index (χ3v) is 4.64. The summed E-state index contributed by atoms with van der Waals surface area (Å²) < 4.78 is 25.1. The zero-order valence-electron chi connectivity index (χ0n) is 11.8. The lowest BCUT2D eigenvalue weighted by Crippen LogP contribution is -2.59. The van der Waals surface area contributed by atoms with E-state index in [2.05, 4.69) is 11.8 Å². The molecule has 0 radical (unpaired) electrons. The predicted octanol–water partition coefficient (Wildman–Crippen LogP) is 1.95. The van der Waals surface area contributed by atoms with Gasteiger partial charge >= 0.3 is 0 Å². The van der Waals surface area contributed by atoms with Crippen LogP contribution in [0.2, 0.25) is 0 Å². The fourth-order valence-corrected chi connectivity index (χ4v) is 3.54. The molecule has 3 unspecified atom stereocenters. The SMILES string of the molecule is CCC1CN(C2CCCCC2O)CCN1CC(F)F. The Morgan fingerprint density at radius 1 is 1.21 bits per heavy atom. The van der Waals surface area contributed by atoms with Crippen LogP contribution in [0.25, 0.3) is 0 Å². The Kier molecular flexibility index (Phi) is 5.54. The molecule has 0 spiro atoms. The molecule has 2 fully saturated rings. The van der Waals surface area contributed by atoms with E-state index in [0.717, 1.165) is 38.8 Å². The monoisotopic (exact) mass is 276 g/mol. The lowest BCUT2D eigenvalue weighted by molar-refractivity contribution is -0.0357. The minimum absolute atomic E-state index is 0.112. The number of nitrogens with zero attached hydrogens (tertiary/aromatic N) is 2. The number of halogens is 2. The van der Waals surface area contributed by atoms with E-state index in [9.17, 15) is 13.9 Å². The second kappa shape index (κ2) is 6.95. The molecule has 0 amide bonds. The first kappa shape index (κ1) is 15.1. The number of hydrogen-bond donors (Lipinski definition) is 1. The first-order valence-electron chi connectivity index (χ1n) is 7.56. The Bertz CT molecular complexity index is 278. The summed E-state index contributed by atoms with van der Waals surface area (Å²) in [6, 6.07) is 0.452. The van der Waals surface area contributed by atoms with Gasteiger partial charge in [-0.05, 0) is 19.3 Å². The number of aliphatic hydroxyl groups excluding tert-OH is 1. The molecule has 3 atom stereocenters. The Morgan fingerprint density at radius 2 is 1.95 bits per heavy atom. The van der Waals surface area contributed by atoms with Crippen molar-refractivity contribution in [1.82, 2.24) is 9.80 Å². The highest BCUT2D eigenvalue weighted by Gasteiger charge is 2.34. The van der Waals surface area contributed by atoms with E-state index in [-0.39, 0.29) is 24.7 Å². The second-order valence-corrected chi connectivity index (χ2v) is 5.86. The van der Waals surface area contributed by atoms with Crippen molar-refractivity contribution in [2.45, 2.75) is 63.6 Å². The van der Waals surface area contributed by atoms with Crippen LogP contribution in [-0.2, 0) is 0 Å². The molecule has 1 aliphatic carbocycles. The maximum atomic E-state index is 12.5. The van der Waals surface area contributed by atoms with Gasteiger partial charge in [-0.2, -0.15) is 0 Å². The number of hydrogen-bond acceptors (Lipinski definition) is 3. The Labute approximate surface area is 114 Å². The molecule has 2 rings (SSSR count). The molecule has 3 nitrogen and oxygen atoms in total. The highest BCUT2D eigenvalue weighted by atomic mass is 19.3. The Balaban J connectivity index is 1.92. The van der Waals surface area contributed by atoms with Gasteiger partial charge in [0.15, 0.2) is 0 Å². The molecular formula is C14H26F2N2O. The van der Waals surface area contributed by atoms with Gasteiger partial charge in [-0.3, -0.25) is 9.80 Å². The van der Waals surface area contributed by atoms with Gasteiger partial charge in [0.2, 0.25) is 0 Å². The van der Waals surface area contributed by atoms with Crippen molar-refractivity contribution in [3.05, 3.63) is 0 Å². The normalized spacial score (nSPS) is 34.9. The summed E-state index contributed by atoms with van der Waals surface area (Å²) in [6.07, 6.45) is 2.64. The van der Waals surface area contributed by atoms with Gasteiger partial charge in [-0.15, -0.1) is 0 Å². The number of alkyl halides is 2. The smallest absolute Gasteiger partial charge is 0.251 e. The van der Waals surface area contributed by atoms with Crippen molar-refractivity contribution < 1.29 is 13.9 Å². The molecule has 0 aromatic rings. The standard InChI is InChI=1S/C14H26F2N2O/c1-2-11-9-18(8-7-17(11)10-14(15)16)12-5-3-4-6-13(12)19/h11-14,19H,2-10H2,1H3. The molecule has 1 N–H and O–H groups in total. The van der Waals surface area contributed by atoms with Crippen LogP contribution in [-0.4, -0.2) is 65.7 Å². The van der Waals surface area contributed by atoms with E-state index < -0.39 is 6.43 Å². The first-order valence-corrected chi connectivity index (χ1v) is 7.56. The van der Waals surface area contributed by atoms with E-state index in [1.54, 1.807) is 0 Å². The van der Waals surface area contributed by atoms with Crippen molar-refractivity contribution in [1.29, 1.82) is 0 Å². The topological polar surface area (TPSA) is 26.7 Å². The summed E-state index contributed by atoms with van der Waals surface area (Å²) in [4.78, 5) is 4.25. The molecular weight excluding hydrogens is 250 g/mol. The molecule has 1 heterocycles. The first-order chi connectivity index (χ1) is 9.11. The van der Waals surface area contributed by atoms with Crippen LogP contribution >= 0.6 is 0 Å². The van der Waals surface area contributed by atoms with Crippen LogP contribution in [0.3, 0.4) is 0 Å². The maximum absolute atomic E-state index is 12.5. The molecule has 0 aromatic heterocycles. The van der Waals surface area contributed by atoms with Crippen molar-refractivity contribution in [2.24, 2.45) is 0 Å². The van der Waals surface area contributed by atoms with Gasteiger partial charge in [-0.1, -0.05) is 19.8 Å². The third kappa shape index (κ3) is 3.86. The van der Waals surface area contributed by atoms with Crippen molar-refractivity contribution in [3.8, 4) is 0 Å². The van der Waals surface area contributed by atoms with Crippen LogP contribution < -0.4 is 0 Å². The Morgan fingerprint density at radius 3 is 2.58 bits per heavy atom. The largest absolute Gasteiger partial charge is 0.391 e. The number of aliphatic hydroxyl groups is 1. The summed E-state index contributed by atoms with van der Waals surface area (Å²) in [5, 5.41) is 10.1. The predicted molar refractivity (Wildman–Crippen MR) is 71.5 cm³/mol. The van der Waals surface area contributed by atoms with E-state index in [4.69, 9.17) is 0 Å². The summed E-state index contributed by atoms with van der Waals surface area (Å²) in [5.41, 5.74) is 0. The van der Waals surface area contributed by atoms with E-state index in [0.29, 0.717) is 6.54 Å². The van der Waals surface area contributed by atoms with E-state index in [1.807, 2.05) is 4.90 Å². The van der Waals surface area contributed by atoms with E-state index in [1.165, 1.54) is 6.42 Å². The fourth-order valence-electron chi connectivity index (χ4n) is 3.54. The van der Waals surface area contributed by atoms with E-state index >= 15 is 0 Å². The highest BCUT2D eigenvalue weighted by molar-refractivity contribution is 4.89. The molecule has 1 saturated carbocycles. The third-order valence-electron chi connectivity index (χ3n) is 4.64. The lowest BCUT2D eigenvalue weighted by atomic mass is 9.90. The van der Waals surface area contributed by atoms with Crippen molar-refractivity contribution >= 4 is 0 Å². The summed E-state index contributed by atoms with van der Waals surface area (Å²) in [7, 11) is 0. The molecule has 2 aliphatic rings. The van der Waals surface area contributed by atoms with Gasteiger partial charge < -0.3 is 5.11 Å².